The maximum atomic E-state index is 12.4. The van der Waals surface area contributed by atoms with Crippen molar-refractivity contribution in [1.82, 2.24) is 0 Å². The first kappa shape index (κ1) is 11.1. The Morgan fingerprint density at radius 2 is 1.83 bits per heavy atom. The van der Waals surface area contributed by atoms with Crippen LogP contribution in [0.25, 0.3) is 0 Å². The van der Waals surface area contributed by atoms with Crippen molar-refractivity contribution in [3.05, 3.63) is 48.3 Å². The average molecular weight is 188 g/mol. The molecule has 1 aromatic rings. The Kier molecular flexibility index (Phi) is 4.55. The van der Waals surface area contributed by atoms with Crippen molar-refractivity contribution >= 4 is 12.4 Å². The number of benzene rings is 1. The minimum Gasteiger partial charge on any atom is -0.321 e. The van der Waals surface area contributed by atoms with E-state index in [1.165, 1.54) is 12.1 Å². The zero-order chi connectivity index (χ0) is 8.27. The molecule has 0 heterocycles. The quantitative estimate of drug-likeness (QED) is 0.708. The Hall–Kier alpha value is -0.860. The van der Waals surface area contributed by atoms with Gasteiger partial charge in [0.1, 0.15) is 5.82 Å². The third-order valence-corrected chi connectivity index (χ3v) is 1.51. The zero-order valence-electron chi connectivity index (χ0n) is 6.53. The zero-order valence-corrected chi connectivity index (χ0v) is 7.35. The molecule has 0 aliphatic rings. The van der Waals surface area contributed by atoms with Crippen molar-refractivity contribution < 1.29 is 4.39 Å². The minimum absolute atomic E-state index is 0. The van der Waals surface area contributed by atoms with E-state index in [0.29, 0.717) is 0 Å². The molecule has 0 saturated carbocycles. The third-order valence-electron chi connectivity index (χ3n) is 1.51. The summed E-state index contributed by atoms with van der Waals surface area (Å²) in [6.07, 6.45) is 1.62. The summed E-state index contributed by atoms with van der Waals surface area (Å²) in [5.41, 5.74) is 6.48. The number of hydrogen-bond donors (Lipinski definition) is 1. The van der Waals surface area contributed by atoms with E-state index in [1.807, 2.05) is 0 Å². The predicted octanol–water partition coefficient (Wildman–Crippen LogP) is 2.43. The molecule has 0 spiro atoms. The fourth-order valence-corrected chi connectivity index (χ4v) is 0.821. The highest BCUT2D eigenvalue weighted by Gasteiger charge is 1.99. The summed E-state index contributed by atoms with van der Waals surface area (Å²) in [7, 11) is 0. The van der Waals surface area contributed by atoms with Gasteiger partial charge in [-0.15, -0.1) is 19.0 Å². The Balaban J connectivity index is 0.00000121. The standard InChI is InChI=1S/C9H10FN.ClH/c1-2-9(11)7-3-5-8(10)6-4-7;/h2-6,9H,1,11H2;1H/t9-;/m0./s1. The molecule has 0 radical (unpaired) electrons. The lowest BCUT2D eigenvalue weighted by molar-refractivity contribution is 0.626. The molecular formula is C9H11ClFN. The van der Waals surface area contributed by atoms with Crippen molar-refractivity contribution in [3.8, 4) is 0 Å². The first-order valence-corrected chi connectivity index (χ1v) is 3.37. The van der Waals surface area contributed by atoms with Crippen LogP contribution in [0.15, 0.2) is 36.9 Å². The lowest BCUT2D eigenvalue weighted by atomic mass is 10.1. The van der Waals surface area contributed by atoms with Gasteiger partial charge in [-0.1, -0.05) is 18.2 Å². The molecule has 1 nitrogen and oxygen atoms in total. The molecule has 1 rings (SSSR count). The van der Waals surface area contributed by atoms with Gasteiger partial charge in [0, 0.05) is 6.04 Å². The maximum absolute atomic E-state index is 12.4. The molecule has 0 aliphatic carbocycles. The van der Waals surface area contributed by atoms with Crippen LogP contribution in [0, 0.1) is 5.82 Å². The smallest absolute Gasteiger partial charge is 0.123 e. The second-order valence-corrected chi connectivity index (χ2v) is 2.31. The van der Waals surface area contributed by atoms with Crippen molar-refractivity contribution in [1.29, 1.82) is 0 Å². The lowest BCUT2D eigenvalue weighted by Crippen LogP contribution is -2.05. The Morgan fingerprint density at radius 3 is 2.25 bits per heavy atom. The van der Waals surface area contributed by atoms with E-state index in [-0.39, 0.29) is 24.3 Å². The van der Waals surface area contributed by atoms with E-state index in [9.17, 15) is 4.39 Å². The van der Waals surface area contributed by atoms with Gasteiger partial charge in [-0.3, -0.25) is 0 Å². The number of hydrogen-bond acceptors (Lipinski definition) is 1. The van der Waals surface area contributed by atoms with Crippen molar-refractivity contribution in [3.63, 3.8) is 0 Å². The highest BCUT2D eigenvalue weighted by Crippen LogP contribution is 2.10. The summed E-state index contributed by atoms with van der Waals surface area (Å²) in [5.74, 6) is -0.245. The molecule has 0 amide bonds. The molecule has 0 saturated heterocycles. The fraction of sp³-hybridized carbons (Fsp3) is 0.111. The second kappa shape index (κ2) is 4.91. The van der Waals surface area contributed by atoms with E-state index >= 15 is 0 Å². The van der Waals surface area contributed by atoms with Crippen molar-refractivity contribution in [2.24, 2.45) is 5.73 Å². The summed E-state index contributed by atoms with van der Waals surface area (Å²) in [4.78, 5) is 0. The van der Waals surface area contributed by atoms with Crippen LogP contribution in [0.4, 0.5) is 4.39 Å². The number of halogens is 2. The molecule has 1 atom stereocenters. The van der Waals surface area contributed by atoms with Gasteiger partial charge >= 0.3 is 0 Å². The number of nitrogens with two attached hydrogens (primary N) is 1. The van der Waals surface area contributed by atoms with Gasteiger partial charge in [0.05, 0.1) is 0 Å². The van der Waals surface area contributed by atoms with Gasteiger partial charge in [-0.05, 0) is 17.7 Å². The van der Waals surface area contributed by atoms with E-state index in [4.69, 9.17) is 5.73 Å². The monoisotopic (exact) mass is 187 g/mol. The van der Waals surface area contributed by atoms with Crippen LogP contribution in [0.5, 0.6) is 0 Å². The van der Waals surface area contributed by atoms with Crippen LogP contribution in [-0.2, 0) is 0 Å². The first-order valence-electron chi connectivity index (χ1n) is 3.37. The fourth-order valence-electron chi connectivity index (χ4n) is 0.821. The molecule has 0 fully saturated rings. The summed E-state index contributed by atoms with van der Waals surface area (Å²) in [5, 5.41) is 0. The second-order valence-electron chi connectivity index (χ2n) is 2.31. The van der Waals surface area contributed by atoms with Crippen LogP contribution in [0.2, 0.25) is 0 Å². The molecule has 3 heteroatoms. The molecule has 12 heavy (non-hydrogen) atoms. The van der Waals surface area contributed by atoms with Crippen LogP contribution in [0.1, 0.15) is 11.6 Å². The third kappa shape index (κ3) is 2.64. The van der Waals surface area contributed by atoms with Gasteiger partial charge in [0.2, 0.25) is 0 Å². The van der Waals surface area contributed by atoms with E-state index in [2.05, 4.69) is 6.58 Å². The molecular weight excluding hydrogens is 177 g/mol. The van der Waals surface area contributed by atoms with Crippen LogP contribution in [-0.4, -0.2) is 0 Å². The average Bonchev–Trinajstić information content (AvgIpc) is 2.05. The van der Waals surface area contributed by atoms with Gasteiger partial charge in [-0.25, -0.2) is 4.39 Å². The molecule has 0 aliphatic heterocycles. The van der Waals surface area contributed by atoms with Crippen LogP contribution in [0.3, 0.4) is 0 Å². The van der Waals surface area contributed by atoms with Crippen LogP contribution < -0.4 is 5.73 Å². The Bertz CT molecular complexity index is 245. The predicted molar refractivity (Wildman–Crippen MR) is 50.8 cm³/mol. The van der Waals surface area contributed by atoms with Gasteiger partial charge < -0.3 is 5.73 Å². The summed E-state index contributed by atoms with van der Waals surface area (Å²) >= 11 is 0. The van der Waals surface area contributed by atoms with E-state index in [0.717, 1.165) is 5.56 Å². The first-order chi connectivity index (χ1) is 5.24. The van der Waals surface area contributed by atoms with E-state index < -0.39 is 0 Å². The summed E-state index contributed by atoms with van der Waals surface area (Å²) < 4.78 is 12.4. The van der Waals surface area contributed by atoms with Crippen LogP contribution >= 0.6 is 12.4 Å². The van der Waals surface area contributed by atoms with Gasteiger partial charge in [0.15, 0.2) is 0 Å². The van der Waals surface area contributed by atoms with E-state index in [1.54, 1.807) is 18.2 Å². The minimum atomic E-state index is -0.245. The topological polar surface area (TPSA) is 26.0 Å². The summed E-state index contributed by atoms with van der Waals surface area (Å²) in [6, 6.07) is 5.89. The highest BCUT2D eigenvalue weighted by atomic mass is 35.5. The van der Waals surface area contributed by atoms with Gasteiger partial charge in [-0.2, -0.15) is 0 Å². The number of rotatable bonds is 2. The Morgan fingerprint density at radius 1 is 1.33 bits per heavy atom. The molecule has 66 valence electrons. The molecule has 0 unspecified atom stereocenters. The molecule has 1 aromatic carbocycles. The van der Waals surface area contributed by atoms with Crippen molar-refractivity contribution in [2.45, 2.75) is 6.04 Å². The largest absolute Gasteiger partial charge is 0.321 e. The molecule has 2 N–H and O–H groups in total. The highest BCUT2D eigenvalue weighted by molar-refractivity contribution is 5.85. The maximum Gasteiger partial charge on any atom is 0.123 e. The van der Waals surface area contributed by atoms with Crippen molar-refractivity contribution in [2.75, 3.05) is 0 Å². The normalized spacial score (nSPS) is 11.5. The van der Waals surface area contributed by atoms with Gasteiger partial charge in [0.25, 0.3) is 0 Å². The summed E-state index contributed by atoms with van der Waals surface area (Å²) in [6.45, 7) is 3.54. The lowest BCUT2D eigenvalue weighted by Gasteiger charge is -2.04. The SMILES string of the molecule is C=C[C@H](N)c1ccc(F)cc1.Cl. The molecule has 0 bridgehead atoms. The Labute approximate surface area is 77.5 Å². The molecule has 0 aromatic heterocycles.